The summed E-state index contributed by atoms with van der Waals surface area (Å²) in [7, 11) is 1.65. The second kappa shape index (κ2) is 4.44. The van der Waals surface area contributed by atoms with Crippen molar-refractivity contribution in [1.82, 2.24) is 0 Å². The molecule has 1 fully saturated rings. The maximum atomic E-state index is 10.5. The van der Waals surface area contributed by atoms with Crippen molar-refractivity contribution < 1.29 is 14.6 Å². The minimum Gasteiger partial charge on any atom is -0.496 e. The van der Waals surface area contributed by atoms with Crippen LogP contribution in [-0.2, 0) is 11.2 Å². The van der Waals surface area contributed by atoms with E-state index in [9.17, 15) is 5.11 Å². The summed E-state index contributed by atoms with van der Waals surface area (Å²) >= 11 is 0. The molecule has 0 saturated carbocycles. The van der Waals surface area contributed by atoms with E-state index in [1.807, 2.05) is 31.2 Å². The van der Waals surface area contributed by atoms with E-state index in [-0.39, 0.29) is 6.10 Å². The molecule has 1 aliphatic rings. The first-order valence-electron chi connectivity index (χ1n) is 5.61. The van der Waals surface area contributed by atoms with E-state index in [1.165, 1.54) is 0 Å². The van der Waals surface area contributed by atoms with Gasteiger partial charge in [0.2, 0.25) is 0 Å². The number of aliphatic hydroxyl groups is 1. The summed E-state index contributed by atoms with van der Waals surface area (Å²) < 4.78 is 10.7. The lowest BCUT2D eigenvalue weighted by Gasteiger charge is -2.26. The highest BCUT2D eigenvalue weighted by molar-refractivity contribution is 5.34. The van der Waals surface area contributed by atoms with E-state index in [0.29, 0.717) is 19.4 Å². The summed E-state index contributed by atoms with van der Waals surface area (Å²) in [6.07, 6.45) is 1.15. The van der Waals surface area contributed by atoms with Crippen LogP contribution in [0.25, 0.3) is 0 Å². The van der Waals surface area contributed by atoms with Gasteiger partial charge in [-0.05, 0) is 18.6 Å². The lowest BCUT2D eigenvalue weighted by molar-refractivity contribution is -0.0271. The standard InChI is InChI=1S/C13H18O3/c1-10-13(14,7-8-16-10)9-11-5-3-4-6-12(11)15-2/h3-6,10,14H,7-9H2,1-2H3. The molecule has 1 aromatic rings. The SMILES string of the molecule is COc1ccccc1CC1(O)CCOC1C. The molecule has 0 radical (unpaired) electrons. The number of benzene rings is 1. The van der Waals surface area contributed by atoms with Gasteiger partial charge in [0.25, 0.3) is 0 Å². The van der Waals surface area contributed by atoms with Crippen LogP contribution in [0.15, 0.2) is 24.3 Å². The molecule has 2 atom stereocenters. The molecule has 0 aromatic heterocycles. The van der Waals surface area contributed by atoms with Crippen LogP contribution in [0.2, 0.25) is 0 Å². The summed E-state index contributed by atoms with van der Waals surface area (Å²) in [5.74, 6) is 0.829. The Morgan fingerprint density at radius 1 is 1.50 bits per heavy atom. The Labute approximate surface area is 96.0 Å². The lowest BCUT2D eigenvalue weighted by atomic mass is 9.88. The second-order valence-electron chi connectivity index (χ2n) is 4.36. The smallest absolute Gasteiger partial charge is 0.122 e. The predicted octanol–water partition coefficient (Wildman–Crippen LogP) is 1.78. The number of rotatable bonds is 3. The normalized spacial score (nSPS) is 29.3. The molecule has 0 amide bonds. The number of hydrogen-bond acceptors (Lipinski definition) is 3. The molecule has 2 unspecified atom stereocenters. The topological polar surface area (TPSA) is 38.7 Å². The summed E-state index contributed by atoms with van der Waals surface area (Å²) in [5.41, 5.74) is 0.277. The number of para-hydroxylation sites is 1. The molecule has 16 heavy (non-hydrogen) atoms. The maximum Gasteiger partial charge on any atom is 0.122 e. The van der Waals surface area contributed by atoms with Crippen LogP contribution in [-0.4, -0.2) is 30.5 Å². The Morgan fingerprint density at radius 2 is 2.25 bits per heavy atom. The Hall–Kier alpha value is -1.06. The third kappa shape index (κ3) is 2.06. The first-order chi connectivity index (χ1) is 7.65. The van der Waals surface area contributed by atoms with Gasteiger partial charge in [0.1, 0.15) is 5.75 Å². The molecular weight excluding hydrogens is 204 g/mol. The van der Waals surface area contributed by atoms with Gasteiger partial charge in [-0.15, -0.1) is 0 Å². The molecule has 1 saturated heterocycles. The van der Waals surface area contributed by atoms with E-state index < -0.39 is 5.60 Å². The second-order valence-corrected chi connectivity index (χ2v) is 4.36. The van der Waals surface area contributed by atoms with Crippen LogP contribution < -0.4 is 4.74 Å². The zero-order chi connectivity index (χ0) is 11.6. The van der Waals surface area contributed by atoms with Gasteiger partial charge < -0.3 is 14.6 Å². The molecule has 3 heteroatoms. The molecule has 88 valence electrons. The van der Waals surface area contributed by atoms with Gasteiger partial charge in [-0.1, -0.05) is 18.2 Å². The first-order valence-corrected chi connectivity index (χ1v) is 5.61. The summed E-state index contributed by atoms with van der Waals surface area (Å²) in [6, 6.07) is 7.80. The molecule has 1 N–H and O–H groups in total. The average Bonchev–Trinajstić information content (AvgIpc) is 2.60. The van der Waals surface area contributed by atoms with Crippen molar-refractivity contribution >= 4 is 0 Å². The third-order valence-electron chi connectivity index (χ3n) is 3.35. The fourth-order valence-corrected chi connectivity index (χ4v) is 2.18. The fourth-order valence-electron chi connectivity index (χ4n) is 2.18. The minimum atomic E-state index is -0.755. The van der Waals surface area contributed by atoms with Gasteiger partial charge in [0, 0.05) is 19.4 Å². The van der Waals surface area contributed by atoms with Crippen LogP contribution in [0.5, 0.6) is 5.75 Å². The molecule has 1 aliphatic heterocycles. The van der Waals surface area contributed by atoms with Crippen molar-refractivity contribution in [2.75, 3.05) is 13.7 Å². The number of hydrogen-bond donors (Lipinski definition) is 1. The summed E-state index contributed by atoms with van der Waals surface area (Å²) in [4.78, 5) is 0. The molecule has 2 rings (SSSR count). The van der Waals surface area contributed by atoms with Gasteiger partial charge in [-0.2, -0.15) is 0 Å². The van der Waals surface area contributed by atoms with E-state index in [0.717, 1.165) is 11.3 Å². The summed E-state index contributed by atoms with van der Waals surface area (Å²) in [5, 5.41) is 10.5. The van der Waals surface area contributed by atoms with Gasteiger partial charge in [0.05, 0.1) is 18.8 Å². The van der Waals surface area contributed by atoms with Crippen molar-refractivity contribution in [3.8, 4) is 5.75 Å². The highest BCUT2D eigenvalue weighted by atomic mass is 16.5. The van der Waals surface area contributed by atoms with E-state index in [4.69, 9.17) is 9.47 Å². The Balaban J connectivity index is 2.20. The van der Waals surface area contributed by atoms with Crippen molar-refractivity contribution in [3.05, 3.63) is 29.8 Å². The molecule has 1 aromatic carbocycles. The molecule has 0 spiro atoms. The fraction of sp³-hybridized carbons (Fsp3) is 0.538. The highest BCUT2D eigenvalue weighted by Crippen LogP contribution is 2.32. The monoisotopic (exact) mass is 222 g/mol. The van der Waals surface area contributed by atoms with E-state index in [1.54, 1.807) is 7.11 Å². The van der Waals surface area contributed by atoms with Crippen LogP contribution in [0.1, 0.15) is 18.9 Å². The molecule has 1 heterocycles. The van der Waals surface area contributed by atoms with Crippen molar-refractivity contribution in [3.63, 3.8) is 0 Å². The van der Waals surface area contributed by atoms with Crippen LogP contribution in [0.4, 0.5) is 0 Å². The molecular formula is C13H18O3. The predicted molar refractivity (Wildman–Crippen MR) is 61.7 cm³/mol. The van der Waals surface area contributed by atoms with Gasteiger partial charge in [0.15, 0.2) is 0 Å². The van der Waals surface area contributed by atoms with E-state index in [2.05, 4.69) is 0 Å². The molecule has 0 aliphatic carbocycles. The minimum absolute atomic E-state index is 0.114. The average molecular weight is 222 g/mol. The van der Waals surface area contributed by atoms with Crippen molar-refractivity contribution in [2.45, 2.75) is 31.5 Å². The lowest BCUT2D eigenvalue weighted by Crippen LogP contribution is -2.38. The quantitative estimate of drug-likeness (QED) is 0.847. The maximum absolute atomic E-state index is 10.5. The zero-order valence-corrected chi connectivity index (χ0v) is 9.77. The molecule has 3 nitrogen and oxygen atoms in total. The van der Waals surface area contributed by atoms with Gasteiger partial charge >= 0.3 is 0 Å². The zero-order valence-electron chi connectivity index (χ0n) is 9.77. The summed E-state index contributed by atoms with van der Waals surface area (Å²) in [6.45, 7) is 2.55. The third-order valence-corrected chi connectivity index (χ3v) is 3.35. The van der Waals surface area contributed by atoms with Crippen LogP contribution >= 0.6 is 0 Å². The van der Waals surface area contributed by atoms with Crippen molar-refractivity contribution in [1.29, 1.82) is 0 Å². The Morgan fingerprint density at radius 3 is 2.88 bits per heavy atom. The molecule has 0 bridgehead atoms. The van der Waals surface area contributed by atoms with E-state index >= 15 is 0 Å². The number of methoxy groups -OCH3 is 1. The van der Waals surface area contributed by atoms with Crippen LogP contribution in [0.3, 0.4) is 0 Å². The highest BCUT2D eigenvalue weighted by Gasteiger charge is 2.39. The van der Waals surface area contributed by atoms with Gasteiger partial charge in [-0.25, -0.2) is 0 Å². The largest absolute Gasteiger partial charge is 0.496 e. The Kier molecular flexibility index (Phi) is 3.17. The van der Waals surface area contributed by atoms with Gasteiger partial charge in [-0.3, -0.25) is 0 Å². The first kappa shape index (κ1) is 11.4. The Bertz CT molecular complexity index is 364. The van der Waals surface area contributed by atoms with Crippen LogP contribution in [0, 0.1) is 0 Å². The number of ether oxygens (including phenoxy) is 2. The van der Waals surface area contributed by atoms with Crippen molar-refractivity contribution in [2.24, 2.45) is 0 Å².